The molecule has 0 saturated heterocycles. The van der Waals surface area contributed by atoms with E-state index in [0.717, 1.165) is 5.56 Å². The zero-order chi connectivity index (χ0) is 19.1. The second kappa shape index (κ2) is 9.31. The second-order valence-electron chi connectivity index (χ2n) is 5.18. The van der Waals surface area contributed by atoms with Crippen molar-refractivity contribution >= 4 is 35.3 Å². The largest absolute Gasteiger partial charge is 0.493 e. The number of methoxy groups -OCH3 is 2. The van der Waals surface area contributed by atoms with Gasteiger partial charge in [-0.3, -0.25) is 4.79 Å². The normalized spacial score (nSPS) is 11.9. The van der Waals surface area contributed by atoms with Crippen molar-refractivity contribution in [2.45, 2.75) is 13.0 Å². The minimum Gasteiger partial charge on any atom is -0.493 e. The summed E-state index contributed by atoms with van der Waals surface area (Å²) in [6, 6.07) is 10.0. The Kier molecular flexibility index (Phi) is 7.12. The lowest BCUT2D eigenvalue weighted by atomic mass is 10.2. The highest BCUT2D eigenvalue weighted by Gasteiger charge is 2.15. The fraction of sp³-hybridized carbons (Fsp3) is 0.222. The van der Waals surface area contributed by atoms with E-state index in [9.17, 15) is 4.79 Å². The molecule has 0 aliphatic rings. The van der Waals surface area contributed by atoms with Gasteiger partial charge in [0.05, 0.1) is 25.5 Å². The summed E-state index contributed by atoms with van der Waals surface area (Å²) in [5.74, 6) is 1.11. The summed E-state index contributed by atoms with van der Waals surface area (Å²) in [5, 5.41) is 4.73. The first-order valence-corrected chi connectivity index (χ1v) is 8.37. The Bertz CT molecular complexity index is 812. The van der Waals surface area contributed by atoms with E-state index >= 15 is 0 Å². The number of ether oxygens (including phenoxy) is 3. The van der Waals surface area contributed by atoms with Gasteiger partial charge in [0.15, 0.2) is 17.6 Å². The van der Waals surface area contributed by atoms with Gasteiger partial charge in [0.1, 0.15) is 5.75 Å². The van der Waals surface area contributed by atoms with Crippen LogP contribution in [-0.4, -0.2) is 32.4 Å². The Hall–Kier alpha value is -2.44. The van der Waals surface area contributed by atoms with Gasteiger partial charge >= 0.3 is 0 Å². The number of hydrogen-bond donors (Lipinski definition) is 1. The number of hydrazone groups is 1. The van der Waals surface area contributed by atoms with Crippen LogP contribution in [0.4, 0.5) is 0 Å². The molecule has 2 rings (SSSR count). The van der Waals surface area contributed by atoms with Gasteiger partial charge in [-0.1, -0.05) is 23.2 Å². The molecule has 0 radical (unpaired) electrons. The highest BCUT2D eigenvalue weighted by molar-refractivity contribution is 6.35. The Balaban J connectivity index is 1.95. The summed E-state index contributed by atoms with van der Waals surface area (Å²) in [6.45, 7) is 1.59. The number of halogens is 2. The first-order chi connectivity index (χ1) is 12.4. The summed E-state index contributed by atoms with van der Waals surface area (Å²) in [6.07, 6.45) is 0.693. The van der Waals surface area contributed by atoms with Crippen molar-refractivity contribution in [2.24, 2.45) is 5.10 Å². The zero-order valence-corrected chi connectivity index (χ0v) is 16.0. The van der Waals surface area contributed by atoms with Gasteiger partial charge in [-0.15, -0.1) is 0 Å². The van der Waals surface area contributed by atoms with Crippen LogP contribution >= 0.6 is 23.2 Å². The smallest absolute Gasteiger partial charge is 0.280 e. The molecule has 0 fully saturated rings. The Morgan fingerprint density at radius 2 is 1.77 bits per heavy atom. The molecule has 1 amide bonds. The molecule has 26 heavy (non-hydrogen) atoms. The third-order valence-electron chi connectivity index (χ3n) is 3.36. The van der Waals surface area contributed by atoms with E-state index in [1.807, 2.05) is 0 Å². The molecule has 0 unspecified atom stereocenters. The molecule has 8 heteroatoms. The van der Waals surface area contributed by atoms with E-state index in [1.165, 1.54) is 12.3 Å². The Morgan fingerprint density at radius 3 is 2.42 bits per heavy atom. The second-order valence-corrected chi connectivity index (χ2v) is 6.03. The first kappa shape index (κ1) is 19.9. The highest BCUT2D eigenvalue weighted by atomic mass is 35.5. The number of amides is 1. The summed E-state index contributed by atoms with van der Waals surface area (Å²) >= 11 is 11.9. The maximum atomic E-state index is 12.1. The third-order valence-corrected chi connectivity index (χ3v) is 3.89. The number of benzene rings is 2. The van der Waals surface area contributed by atoms with Crippen molar-refractivity contribution in [1.29, 1.82) is 0 Å². The average molecular weight is 397 g/mol. The standard InChI is InChI=1S/C18H18Cl2N2O4/c1-11(26-15-7-5-13(19)9-14(15)20)18(23)22-21-10-12-4-6-16(24-2)17(8-12)25-3/h4-11H,1-3H3,(H,22,23)/b21-10-/t11-/m1/s1. The molecule has 0 aliphatic carbocycles. The molecule has 2 aromatic carbocycles. The molecule has 6 nitrogen and oxygen atoms in total. The molecular weight excluding hydrogens is 379 g/mol. The summed E-state index contributed by atoms with van der Waals surface area (Å²) < 4.78 is 15.9. The molecule has 1 atom stereocenters. The first-order valence-electron chi connectivity index (χ1n) is 7.61. The Morgan fingerprint density at radius 1 is 1.08 bits per heavy atom. The van der Waals surface area contributed by atoms with E-state index in [4.69, 9.17) is 37.4 Å². The van der Waals surface area contributed by atoms with Crippen molar-refractivity contribution in [3.8, 4) is 17.2 Å². The molecule has 138 valence electrons. The summed E-state index contributed by atoms with van der Waals surface area (Å²) in [5.41, 5.74) is 3.15. The molecule has 2 aromatic rings. The van der Waals surface area contributed by atoms with Crippen LogP contribution in [0.25, 0.3) is 0 Å². The van der Waals surface area contributed by atoms with Gasteiger partial charge in [-0.05, 0) is 48.9 Å². The molecule has 0 heterocycles. The van der Waals surface area contributed by atoms with Crippen molar-refractivity contribution in [1.82, 2.24) is 5.43 Å². The summed E-state index contributed by atoms with van der Waals surface area (Å²) in [4.78, 5) is 12.1. The molecule has 0 aliphatic heterocycles. The minimum absolute atomic E-state index is 0.325. The van der Waals surface area contributed by atoms with Crippen LogP contribution in [-0.2, 0) is 4.79 Å². The van der Waals surface area contributed by atoms with E-state index in [2.05, 4.69) is 10.5 Å². The van der Waals surface area contributed by atoms with Gasteiger partial charge in [-0.25, -0.2) is 5.43 Å². The van der Waals surface area contributed by atoms with Gasteiger partial charge in [0, 0.05) is 5.02 Å². The molecule has 0 spiro atoms. The molecule has 1 N–H and O–H groups in total. The number of carbonyl (C=O) groups excluding carboxylic acids is 1. The van der Waals surface area contributed by atoms with Crippen molar-refractivity contribution < 1.29 is 19.0 Å². The molecule has 0 bridgehead atoms. The van der Waals surface area contributed by atoms with Crippen LogP contribution in [0.15, 0.2) is 41.5 Å². The summed E-state index contributed by atoms with van der Waals surface area (Å²) in [7, 11) is 3.10. The monoisotopic (exact) mass is 396 g/mol. The fourth-order valence-electron chi connectivity index (χ4n) is 2.01. The number of rotatable bonds is 7. The molecular formula is C18H18Cl2N2O4. The van der Waals surface area contributed by atoms with Gasteiger partial charge in [0.25, 0.3) is 5.91 Å². The quantitative estimate of drug-likeness (QED) is 0.568. The van der Waals surface area contributed by atoms with E-state index in [0.29, 0.717) is 27.3 Å². The lowest BCUT2D eigenvalue weighted by molar-refractivity contribution is -0.127. The van der Waals surface area contributed by atoms with Crippen molar-refractivity contribution in [2.75, 3.05) is 14.2 Å². The van der Waals surface area contributed by atoms with Crippen LogP contribution in [0, 0.1) is 0 Å². The van der Waals surface area contributed by atoms with Gasteiger partial charge < -0.3 is 14.2 Å². The SMILES string of the molecule is COc1ccc(/C=N\NC(=O)[C@@H](C)Oc2ccc(Cl)cc2Cl)cc1OC. The minimum atomic E-state index is -0.795. The number of carbonyl (C=O) groups is 1. The molecule has 0 saturated carbocycles. The fourth-order valence-corrected chi connectivity index (χ4v) is 2.46. The lowest BCUT2D eigenvalue weighted by Crippen LogP contribution is -2.33. The maximum absolute atomic E-state index is 12.1. The number of nitrogens with zero attached hydrogens (tertiary/aromatic N) is 1. The van der Waals surface area contributed by atoms with Crippen LogP contribution in [0.3, 0.4) is 0 Å². The van der Waals surface area contributed by atoms with Crippen LogP contribution in [0.1, 0.15) is 12.5 Å². The maximum Gasteiger partial charge on any atom is 0.280 e. The van der Waals surface area contributed by atoms with E-state index in [-0.39, 0.29) is 0 Å². The topological polar surface area (TPSA) is 69.2 Å². The van der Waals surface area contributed by atoms with Gasteiger partial charge in [-0.2, -0.15) is 5.10 Å². The number of nitrogens with one attached hydrogen (secondary N) is 1. The van der Waals surface area contributed by atoms with Gasteiger partial charge in [0.2, 0.25) is 0 Å². The highest BCUT2D eigenvalue weighted by Crippen LogP contribution is 2.28. The van der Waals surface area contributed by atoms with E-state index < -0.39 is 12.0 Å². The predicted molar refractivity (Wildman–Crippen MR) is 102 cm³/mol. The lowest BCUT2D eigenvalue weighted by Gasteiger charge is -2.14. The van der Waals surface area contributed by atoms with Crippen LogP contribution < -0.4 is 19.6 Å². The predicted octanol–water partition coefficient (Wildman–Crippen LogP) is 3.93. The zero-order valence-electron chi connectivity index (χ0n) is 14.5. The molecule has 0 aromatic heterocycles. The number of hydrogen-bond acceptors (Lipinski definition) is 5. The van der Waals surface area contributed by atoms with Crippen molar-refractivity contribution in [3.05, 3.63) is 52.0 Å². The van der Waals surface area contributed by atoms with E-state index in [1.54, 1.807) is 51.5 Å². The van der Waals surface area contributed by atoms with Crippen LogP contribution in [0.2, 0.25) is 10.0 Å². The van der Waals surface area contributed by atoms with Crippen LogP contribution in [0.5, 0.6) is 17.2 Å². The Labute approximate surface area is 161 Å². The van der Waals surface area contributed by atoms with Crippen molar-refractivity contribution in [3.63, 3.8) is 0 Å². The average Bonchev–Trinajstić information content (AvgIpc) is 2.63. The third kappa shape index (κ3) is 5.28.